The van der Waals surface area contributed by atoms with Gasteiger partial charge in [-0.15, -0.1) is 0 Å². The molecule has 3 aromatic rings. The largest absolute Gasteiger partial charge is 0.306 e. The summed E-state index contributed by atoms with van der Waals surface area (Å²) in [5, 5.41) is 0. The van der Waals surface area contributed by atoms with Crippen LogP contribution in [0, 0.1) is 0 Å². The smallest absolute Gasteiger partial charge is 0.178 e. The molecule has 0 aliphatic carbocycles. The molecule has 0 unspecified atom stereocenters. The Morgan fingerprint density at radius 1 is 0.893 bits per heavy atom. The first-order valence-electron chi connectivity index (χ1n) is 9.82. The minimum absolute atomic E-state index is 0.562. The molecule has 0 N–H and O–H groups in total. The van der Waals surface area contributed by atoms with Gasteiger partial charge in [-0.3, -0.25) is 14.9 Å². The molecule has 0 radical (unpaired) electrons. The highest BCUT2D eigenvalue weighted by Crippen LogP contribution is 2.21. The molecule has 6 heteroatoms. The van der Waals surface area contributed by atoms with E-state index in [4.69, 9.17) is 0 Å². The zero-order chi connectivity index (χ0) is 19.2. The van der Waals surface area contributed by atoms with E-state index in [0.29, 0.717) is 11.9 Å². The summed E-state index contributed by atoms with van der Waals surface area (Å²) in [5.74, 6) is 0.669. The van der Waals surface area contributed by atoms with Crippen molar-refractivity contribution in [3.05, 3.63) is 72.4 Å². The van der Waals surface area contributed by atoms with Gasteiger partial charge in [0.15, 0.2) is 5.82 Å². The Morgan fingerprint density at radius 2 is 1.68 bits per heavy atom. The third-order valence-corrected chi connectivity index (χ3v) is 5.30. The predicted octanol–water partition coefficient (Wildman–Crippen LogP) is 3.03. The van der Waals surface area contributed by atoms with E-state index in [1.807, 2.05) is 49.1 Å². The summed E-state index contributed by atoms with van der Waals surface area (Å²) >= 11 is 0. The molecule has 0 bridgehead atoms. The maximum Gasteiger partial charge on any atom is 0.178 e. The van der Waals surface area contributed by atoms with Crippen LogP contribution in [-0.2, 0) is 13.1 Å². The summed E-state index contributed by atoms with van der Waals surface area (Å²) in [6.07, 6.45) is 11.8. The Kier molecular flexibility index (Phi) is 5.99. The van der Waals surface area contributed by atoms with Gasteiger partial charge in [-0.1, -0.05) is 12.1 Å². The Bertz CT molecular complexity index is 845. The lowest BCUT2D eigenvalue weighted by atomic mass is 10.0. The summed E-state index contributed by atoms with van der Waals surface area (Å²) in [6, 6.07) is 10.5. The van der Waals surface area contributed by atoms with Crippen LogP contribution in [0.1, 0.15) is 24.0 Å². The van der Waals surface area contributed by atoms with Gasteiger partial charge < -0.3 is 4.90 Å². The number of piperidine rings is 1. The van der Waals surface area contributed by atoms with Crippen LogP contribution in [0.2, 0.25) is 0 Å². The van der Waals surface area contributed by atoms with Gasteiger partial charge in [0.1, 0.15) is 5.69 Å². The number of hydrogen-bond acceptors (Lipinski definition) is 6. The monoisotopic (exact) mass is 374 g/mol. The normalized spacial score (nSPS) is 15.8. The summed E-state index contributed by atoms with van der Waals surface area (Å²) in [4.78, 5) is 22.7. The van der Waals surface area contributed by atoms with Crippen molar-refractivity contribution >= 4 is 0 Å². The zero-order valence-electron chi connectivity index (χ0n) is 16.3. The van der Waals surface area contributed by atoms with E-state index >= 15 is 0 Å². The van der Waals surface area contributed by atoms with Crippen LogP contribution in [0.25, 0.3) is 11.5 Å². The Labute approximate surface area is 166 Å². The lowest BCUT2D eigenvalue weighted by Crippen LogP contribution is -2.43. The van der Waals surface area contributed by atoms with Crippen LogP contribution in [0.15, 0.2) is 61.3 Å². The third kappa shape index (κ3) is 4.77. The second kappa shape index (κ2) is 8.99. The van der Waals surface area contributed by atoms with Gasteiger partial charge in [-0.2, -0.15) is 0 Å². The van der Waals surface area contributed by atoms with Gasteiger partial charge >= 0.3 is 0 Å². The van der Waals surface area contributed by atoms with Crippen molar-refractivity contribution < 1.29 is 0 Å². The van der Waals surface area contributed by atoms with Gasteiger partial charge in [0.2, 0.25) is 0 Å². The maximum atomic E-state index is 4.55. The highest BCUT2D eigenvalue weighted by molar-refractivity contribution is 5.47. The molecule has 0 amide bonds. The van der Waals surface area contributed by atoms with Crippen molar-refractivity contribution in [1.82, 2.24) is 29.7 Å². The van der Waals surface area contributed by atoms with E-state index in [2.05, 4.69) is 42.8 Å². The Balaban J connectivity index is 1.50. The Morgan fingerprint density at radius 3 is 2.36 bits per heavy atom. The minimum Gasteiger partial charge on any atom is -0.306 e. The number of likely N-dealkylation sites (tertiary alicyclic amines) is 1. The maximum absolute atomic E-state index is 4.55. The molecule has 4 rings (SSSR count). The molecule has 0 spiro atoms. The molecule has 6 nitrogen and oxygen atoms in total. The molecule has 144 valence electrons. The highest BCUT2D eigenvalue weighted by Gasteiger charge is 2.23. The number of nitrogens with zero attached hydrogens (tertiary/aromatic N) is 6. The highest BCUT2D eigenvalue weighted by atomic mass is 15.2. The molecule has 0 saturated carbocycles. The molecule has 1 aliphatic heterocycles. The summed E-state index contributed by atoms with van der Waals surface area (Å²) in [7, 11) is 2.20. The fourth-order valence-corrected chi connectivity index (χ4v) is 3.70. The molecular weight excluding hydrogens is 348 g/mol. The van der Waals surface area contributed by atoms with E-state index < -0.39 is 0 Å². The number of hydrogen-bond donors (Lipinski definition) is 0. The molecule has 0 aromatic carbocycles. The fraction of sp³-hybridized carbons (Fsp3) is 0.364. The van der Waals surface area contributed by atoms with Crippen molar-refractivity contribution in [2.45, 2.75) is 32.0 Å². The van der Waals surface area contributed by atoms with E-state index in [0.717, 1.165) is 37.4 Å². The van der Waals surface area contributed by atoms with Gasteiger partial charge in [-0.25, -0.2) is 9.97 Å². The average Bonchev–Trinajstić information content (AvgIpc) is 2.76. The van der Waals surface area contributed by atoms with Gasteiger partial charge in [0, 0.05) is 55.7 Å². The second-order valence-electron chi connectivity index (χ2n) is 7.43. The molecule has 1 fully saturated rings. The van der Waals surface area contributed by atoms with E-state index in [1.54, 1.807) is 6.20 Å². The second-order valence-corrected chi connectivity index (χ2v) is 7.43. The van der Waals surface area contributed by atoms with Crippen LogP contribution in [-0.4, -0.2) is 55.9 Å². The molecule has 4 heterocycles. The van der Waals surface area contributed by atoms with Crippen molar-refractivity contribution in [1.29, 1.82) is 0 Å². The SMILES string of the molecule is CN1CCC(N(Cc2cccnc2)Cc2cnc(-c3ccccn3)nc2)CC1. The van der Waals surface area contributed by atoms with Gasteiger partial charge in [0.25, 0.3) is 0 Å². The minimum atomic E-state index is 0.562. The van der Waals surface area contributed by atoms with Crippen molar-refractivity contribution in [3.63, 3.8) is 0 Å². The van der Waals surface area contributed by atoms with Crippen molar-refractivity contribution in [2.24, 2.45) is 0 Å². The topological polar surface area (TPSA) is 58.0 Å². The van der Waals surface area contributed by atoms with E-state index in [-0.39, 0.29) is 0 Å². The van der Waals surface area contributed by atoms with Crippen LogP contribution in [0.4, 0.5) is 0 Å². The summed E-state index contributed by atoms with van der Waals surface area (Å²) in [5.41, 5.74) is 3.17. The number of rotatable bonds is 6. The summed E-state index contributed by atoms with van der Waals surface area (Å²) in [6.45, 7) is 4.02. The van der Waals surface area contributed by atoms with Crippen molar-refractivity contribution in [3.8, 4) is 11.5 Å². The summed E-state index contributed by atoms with van der Waals surface area (Å²) < 4.78 is 0. The fourth-order valence-electron chi connectivity index (χ4n) is 3.70. The predicted molar refractivity (Wildman–Crippen MR) is 109 cm³/mol. The molecule has 3 aromatic heterocycles. The lowest BCUT2D eigenvalue weighted by Gasteiger charge is -2.37. The Hall–Kier alpha value is -2.70. The van der Waals surface area contributed by atoms with E-state index in [1.165, 1.54) is 18.4 Å². The lowest BCUT2D eigenvalue weighted by molar-refractivity contribution is 0.108. The molecule has 1 aliphatic rings. The van der Waals surface area contributed by atoms with Crippen LogP contribution < -0.4 is 0 Å². The third-order valence-electron chi connectivity index (χ3n) is 5.30. The van der Waals surface area contributed by atoms with Gasteiger partial charge in [-0.05, 0) is 56.7 Å². The van der Waals surface area contributed by atoms with Crippen LogP contribution in [0.5, 0.6) is 0 Å². The first-order chi connectivity index (χ1) is 13.8. The number of aromatic nitrogens is 4. The molecule has 1 saturated heterocycles. The standard InChI is InChI=1S/C22H26N6/c1-27-11-7-20(8-12-27)28(16-18-5-4-9-23-13-18)17-19-14-25-22(26-15-19)21-6-2-3-10-24-21/h2-6,9-10,13-15,20H,7-8,11-12,16-17H2,1H3. The average molecular weight is 374 g/mol. The van der Waals surface area contributed by atoms with Crippen LogP contribution >= 0.6 is 0 Å². The first kappa shape index (κ1) is 18.7. The molecular formula is C22H26N6. The first-order valence-corrected chi connectivity index (χ1v) is 9.82. The van der Waals surface area contributed by atoms with Gasteiger partial charge in [0.05, 0.1) is 0 Å². The zero-order valence-corrected chi connectivity index (χ0v) is 16.3. The molecule has 0 atom stereocenters. The number of pyridine rings is 2. The quantitative estimate of drug-likeness (QED) is 0.661. The van der Waals surface area contributed by atoms with Crippen LogP contribution in [0.3, 0.4) is 0 Å². The van der Waals surface area contributed by atoms with Crippen molar-refractivity contribution in [2.75, 3.05) is 20.1 Å². The van der Waals surface area contributed by atoms with E-state index in [9.17, 15) is 0 Å². The molecule has 28 heavy (non-hydrogen) atoms.